The van der Waals surface area contributed by atoms with Crippen molar-refractivity contribution in [3.63, 3.8) is 0 Å². The van der Waals surface area contributed by atoms with Crippen LogP contribution in [0.2, 0.25) is 0 Å². The maximum Gasteiger partial charge on any atom is 0.229 e. The van der Waals surface area contributed by atoms with Crippen molar-refractivity contribution in [3.05, 3.63) is 53.3 Å². The van der Waals surface area contributed by atoms with Gasteiger partial charge in [0.15, 0.2) is 0 Å². The first-order chi connectivity index (χ1) is 10.2. The smallest absolute Gasteiger partial charge is 0.229 e. The molecule has 0 saturated heterocycles. The Bertz CT molecular complexity index is 650. The minimum Gasteiger partial charge on any atom is -0.394 e. The van der Waals surface area contributed by atoms with Crippen LogP contribution in [0.5, 0.6) is 0 Å². The lowest BCUT2D eigenvalue weighted by Gasteiger charge is -2.36. The summed E-state index contributed by atoms with van der Waals surface area (Å²) in [5.74, 6) is 0.0160. The monoisotopic (exact) mass is 285 g/mol. The van der Waals surface area contributed by atoms with Crippen molar-refractivity contribution in [1.29, 1.82) is 0 Å². The van der Waals surface area contributed by atoms with Crippen molar-refractivity contribution in [1.82, 2.24) is 14.7 Å². The normalized spacial score (nSPS) is 17.6. The number of amides is 1. The van der Waals surface area contributed by atoms with Crippen molar-refractivity contribution < 1.29 is 9.90 Å². The molecule has 0 radical (unpaired) electrons. The van der Waals surface area contributed by atoms with Gasteiger partial charge in [-0.25, -0.2) is 0 Å². The first-order valence-electron chi connectivity index (χ1n) is 7.15. The number of carbonyl (C=O) groups is 1. The van der Waals surface area contributed by atoms with Crippen molar-refractivity contribution >= 4 is 5.91 Å². The number of aryl methyl sites for hydroxylation is 1. The molecule has 21 heavy (non-hydrogen) atoms. The van der Waals surface area contributed by atoms with Crippen molar-refractivity contribution in [3.8, 4) is 0 Å². The summed E-state index contributed by atoms with van der Waals surface area (Å²) in [5.41, 5.74) is 3.04. The zero-order valence-corrected chi connectivity index (χ0v) is 12.1. The SMILES string of the molecule is Cn1ccc(CC(=O)N2CCc3ccccc3[C@H]2CO)n1. The van der Waals surface area contributed by atoms with Gasteiger partial charge in [-0.3, -0.25) is 9.48 Å². The molecule has 1 aliphatic rings. The molecule has 2 aromatic rings. The third-order valence-electron chi connectivity index (χ3n) is 4.01. The lowest BCUT2D eigenvalue weighted by atomic mass is 9.92. The molecule has 3 rings (SSSR count). The van der Waals surface area contributed by atoms with Crippen LogP contribution in [0.3, 0.4) is 0 Å². The summed E-state index contributed by atoms with van der Waals surface area (Å²) in [6, 6.07) is 9.62. The molecule has 5 nitrogen and oxygen atoms in total. The van der Waals surface area contributed by atoms with Crippen LogP contribution < -0.4 is 0 Å². The molecule has 5 heteroatoms. The second-order valence-corrected chi connectivity index (χ2v) is 5.39. The Morgan fingerprint density at radius 3 is 2.90 bits per heavy atom. The third kappa shape index (κ3) is 2.69. The van der Waals surface area contributed by atoms with Gasteiger partial charge in [0.25, 0.3) is 0 Å². The molecule has 2 heterocycles. The predicted molar refractivity (Wildman–Crippen MR) is 78.6 cm³/mol. The summed E-state index contributed by atoms with van der Waals surface area (Å²) in [6.07, 6.45) is 2.94. The van der Waals surface area contributed by atoms with Crippen molar-refractivity contribution in [2.75, 3.05) is 13.2 Å². The average molecular weight is 285 g/mol. The van der Waals surface area contributed by atoms with Gasteiger partial charge in [-0.1, -0.05) is 24.3 Å². The van der Waals surface area contributed by atoms with Crippen LogP contribution in [-0.2, 0) is 24.7 Å². The highest BCUT2D eigenvalue weighted by Gasteiger charge is 2.30. The fourth-order valence-electron chi connectivity index (χ4n) is 2.96. The number of benzene rings is 1. The zero-order chi connectivity index (χ0) is 14.8. The largest absolute Gasteiger partial charge is 0.394 e. The quantitative estimate of drug-likeness (QED) is 0.918. The second-order valence-electron chi connectivity index (χ2n) is 5.39. The van der Waals surface area contributed by atoms with Crippen molar-refractivity contribution in [2.24, 2.45) is 7.05 Å². The van der Waals surface area contributed by atoms with Crippen LogP contribution in [-0.4, -0.2) is 38.8 Å². The molecule has 0 saturated carbocycles. The van der Waals surface area contributed by atoms with Gasteiger partial charge in [0.05, 0.1) is 24.8 Å². The van der Waals surface area contributed by atoms with Gasteiger partial charge < -0.3 is 10.0 Å². The van der Waals surface area contributed by atoms with Crippen LogP contribution in [0.4, 0.5) is 0 Å². The summed E-state index contributed by atoms with van der Waals surface area (Å²) in [7, 11) is 1.83. The van der Waals surface area contributed by atoms with Gasteiger partial charge in [-0.05, 0) is 23.6 Å². The van der Waals surface area contributed by atoms with E-state index in [-0.39, 0.29) is 25.0 Å². The molecule has 0 fully saturated rings. The summed E-state index contributed by atoms with van der Waals surface area (Å²) < 4.78 is 1.69. The highest BCUT2D eigenvalue weighted by Crippen LogP contribution is 2.29. The lowest BCUT2D eigenvalue weighted by Crippen LogP contribution is -2.42. The van der Waals surface area contributed by atoms with Crippen LogP contribution in [0.15, 0.2) is 36.5 Å². The first-order valence-corrected chi connectivity index (χ1v) is 7.15. The van der Waals surface area contributed by atoms with Gasteiger partial charge in [-0.15, -0.1) is 0 Å². The Hall–Kier alpha value is -2.14. The van der Waals surface area contributed by atoms with Crippen LogP contribution in [0.25, 0.3) is 0 Å². The van der Waals surface area contributed by atoms with E-state index >= 15 is 0 Å². The Balaban J connectivity index is 1.80. The molecule has 0 aliphatic carbocycles. The van der Waals surface area contributed by atoms with E-state index in [9.17, 15) is 9.90 Å². The van der Waals surface area contributed by atoms with Gasteiger partial charge in [0, 0.05) is 19.8 Å². The molecule has 0 unspecified atom stereocenters. The lowest BCUT2D eigenvalue weighted by molar-refractivity contribution is -0.134. The fourth-order valence-corrected chi connectivity index (χ4v) is 2.96. The molecule has 110 valence electrons. The minimum atomic E-state index is -0.244. The first kappa shape index (κ1) is 13.8. The van der Waals surface area contributed by atoms with Gasteiger partial charge in [0.2, 0.25) is 5.91 Å². The molecule has 1 atom stereocenters. The average Bonchev–Trinajstić information content (AvgIpc) is 2.91. The van der Waals surface area contributed by atoms with Gasteiger partial charge in [0.1, 0.15) is 0 Å². The minimum absolute atomic E-state index is 0.0160. The molecular weight excluding hydrogens is 266 g/mol. The predicted octanol–water partition coefficient (Wildman–Crippen LogP) is 1.08. The number of aliphatic hydroxyl groups excluding tert-OH is 1. The molecule has 1 amide bonds. The van der Waals surface area contributed by atoms with E-state index in [0.717, 1.165) is 17.7 Å². The highest BCUT2D eigenvalue weighted by molar-refractivity contribution is 5.79. The van der Waals surface area contributed by atoms with E-state index in [0.29, 0.717) is 6.54 Å². The van der Waals surface area contributed by atoms with E-state index < -0.39 is 0 Å². The van der Waals surface area contributed by atoms with Crippen molar-refractivity contribution in [2.45, 2.75) is 18.9 Å². The van der Waals surface area contributed by atoms with E-state index in [2.05, 4.69) is 11.2 Å². The second kappa shape index (κ2) is 5.69. The molecule has 0 spiro atoms. The Morgan fingerprint density at radius 1 is 1.38 bits per heavy atom. The number of aromatic nitrogens is 2. The number of nitrogens with zero attached hydrogens (tertiary/aromatic N) is 3. The zero-order valence-electron chi connectivity index (χ0n) is 12.1. The Labute approximate surface area is 123 Å². The van der Waals surface area contributed by atoms with E-state index in [1.165, 1.54) is 5.56 Å². The number of aliphatic hydroxyl groups is 1. The molecule has 1 aromatic heterocycles. The highest BCUT2D eigenvalue weighted by atomic mass is 16.3. The fraction of sp³-hybridized carbons (Fsp3) is 0.375. The molecule has 0 bridgehead atoms. The van der Waals surface area contributed by atoms with E-state index in [1.807, 2.05) is 37.5 Å². The Morgan fingerprint density at radius 2 is 2.19 bits per heavy atom. The van der Waals surface area contributed by atoms with Crippen LogP contribution >= 0.6 is 0 Å². The van der Waals surface area contributed by atoms with Gasteiger partial charge >= 0.3 is 0 Å². The summed E-state index contributed by atoms with van der Waals surface area (Å²) in [5, 5.41) is 14.0. The van der Waals surface area contributed by atoms with Crippen LogP contribution in [0.1, 0.15) is 22.9 Å². The molecular formula is C16H19N3O2. The van der Waals surface area contributed by atoms with E-state index in [1.54, 1.807) is 9.58 Å². The maximum atomic E-state index is 12.5. The number of fused-ring (bicyclic) bond motifs is 1. The number of rotatable bonds is 3. The topological polar surface area (TPSA) is 58.4 Å². The molecule has 1 aromatic carbocycles. The molecule has 1 N–H and O–H groups in total. The summed E-state index contributed by atoms with van der Waals surface area (Å²) in [4.78, 5) is 14.3. The Kier molecular flexibility index (Phi) is 3.75. The number of hydrogen-bond acceptors (Lipinski definition) is 3. The van der Waals surface area contributed by atoms with Gasteiger partial charge in [-0.2, -0.15) is 5.10 Å². The third-order valence-corrected chi connectivity index (χ3v) is 4.01. The molecule has 1 aliphatic heterocycles. The number of hydrogen-bond donors (Lipinski definition) is 1. The number of carbonyl (C=O) groups excluding carboxylic acids is 1. The standard InChI is InChI=1S/C16H19N3O2/c1-18-8-7-13(17-18)10-16(21)19-9-6-12-4-2-3-5-14(12)15(19)11-20/h2-5,7-8,15,20H,6,9-11H2,1H3/t15-/m1/s1. The summed E-state index contributed by atoms with van der Waals surface area (Å²) >= 11 is 0. The maximum absolute atomic E-state index is 12.5. The van der Waals surface area contributed by atoms with E-state index in [4.69, 9.17) is 0 Å². The van der Waals surface area contributed by atoms with Crippen LogP contribution in [0, 0.1) is 0 Å². The summed E-state index contributed by atoms with van der Waals surface area (Å²) in [6.45, 7) is 0.596.